The van der Waals surface area contributed by atoms with Gasteiger partial charge in [-0.3, -0.25) is 0 Å². The molecule has 0 spiro atoms. The smallest absolute Gasteiger partial charge is 0.0773 e. The molecule has 0 amide bonds. The van der Waals surface area contributed by atoms with Gasteiger partial charge in [0, 0.05) is 14.2 Å². The summed E-state index contributed by atoms with van der Waals surface area (Å²) in [7, 11) is 3.13. The van der Waals surface area contributed by atoms with Crippen molar-refractivity contribution >= 4 is 0 Å². The summed E-state index contributed by atoms with van der Waals surface area (Å²) in [5, 5.41) is 16.6. The molecule has 2 unspecified atom stereocenters. The third kappa shape index (κ3) is 46.2. The van der Waals surface area contributed by atoms with Crippen LogP contribution in [-0.4, -0.2) is 61.6 Å². The molecule has 0 saturated heterocycles. The van der Waals surface area contributed by atoms with Crippen molar-refractivity contribution in [2.24, 2.45) is 11.3 Å². The average Bonchev–Trinajstić information content (AvgIpc) is 2.53. The van der Waals surface area contributed by atoms with Crippen molar-refractivity contribution in [3.63, 3.8) is 0 Å². The van der Waals surface area contributed by atoms with E-state index in [1.807, 2.05) is 13.8 Å². The highest BCUT2D eigenvalue weighted by Gasteiger charge is 2.18. The molecule has 5 heteroatoms. The molecule has 0 aliphatic carbocycles. The number of methoxy groups -OCH3 is 2. The van der Waals surface area contributed by atoms with Gasteiger partial charge < -0.3 is 24.4 Å². The minimum Gasteiger partial charge on any atom is -0.394 e. The highest BCUT2D eigenvalue weighted by Crippen LogP contribution is 2.28. The second kappa shape index (κ2) is 25.1. The van der Waals surface area contributed by atoms with Gasteiger partial charge in [-0.1, -0.05) is 55.9 Å². The summed E-state index contributed by atoms with van der Waals surface area (Å²) in [5.74, 6) is 0.812. The number of hydrogen-bond donors (Lipinski definition) is 2. The van der Waals surface area contributed by atoms with Crippen LogP contribution in [0.3, 0.4) is 0 Å². The van der Waals surface area contributed by atoms with E-state index in [9.17, 15) is 0 Å². The molecular formula is C25H62O5. The van der Waals surface area contributed by atoms with Gasteiger partial charge in [0.2, 0.25) is 0 Å². The van der Waals surface area contributed by atoms with E-state index in [0.29, 0.717) is 18.1 Å². The Kier molecular flexibility index (Phi) is 36.5. The molecule has 0 fully saturated rings. The Bertz CT molecular complexity index is 290. The van der Waals surface area contributed by atoms with Gasteiger partial charge in [0.05, 0.1) is 37.1 Å². The highest BCUT2D eigenvalue weighted by atomic mass is 16.5. The van der Waals surface area contributed by atoms with Crippen LogP contribution in [0.4, 0.5) is 0 Å². The maximum Gasteiger partial charge on any atom is 0.0773 e. The molecule has 2 N–H and O–H groups in total. The summed E-state index contributed by atoms with van der Waals surface area (Å²) in [6.45, 7) is 25.8. The molecular weight excluding hydrogens is 380 g/mol. The quantitative estimate of drug-likeness (QED) is 0.465. The molecule has 0 aliphatic heterocycles. The third-order valence-electron chi connectivity index (χ3n) is 4.13. The van der Waals surface area contributed by atoms with Gasteiger partial charge in [0.25, 0.3) is 0 Å². The zero-order valence-corrected chi connectivity index (χ0v) is 21.5. The van der Waals surface area contributed by atoms with E-state index in [1.165, 1.54) is 6.42 Å². The van der Waals surface area contributed by atoms with Crippen LogP contribution in [0, 0.1) is 11.3 Å². The van der Waals surface area contributed by atoms with Crippen molar-refractivity contribution < 1.29 is 24.4 Å². The summed E-state index contributed by atoms with van der Waals surface area (Å²) in [5.41, 5.74) is 0.564. The summed E-state index contributed by atoms with van der Waals surface area (Å²) in [4.78, 5) is 0. The van der Waals surface area contributed by atoms with Crippen LogP contribution in [0.5, 0.6) is 0 Å². The number of aliphatic hydroxyl groups excluding tert-OH is 2. The predicted octanol–water partition coefficient (Wildman–Crippen LogP) is 6.59. The third-order valence-corrected chi connectivity index (χ3v) is 4.13. The molecule has 30 heavy (non-hydrogen) atoms. The number of ether oxygens (including phenoxy) is 3. The van der Waals surface area contributed by atoms with Gasteiger partial charge in [0.1, 0.15) is 0 Å². The highest BCUT2D eigenvalue weighted by molar-refractivity contribution is 4.69. The van der Waals surface area contributed by atoms with Crippen LogP contribution in [0.25, 0.3) is 0 Å². The SMILES string of the molecule is C.C.CC(C)OC(C)(C)C.CCC(C)(C)C(C)C.COC(C)CO.COCC(C)O. The van der Waals surface area contributed by atoms with Gasteiger partial charge in [-0.05, 0) is 59.8 Å². The lowest BCUT2D eigenvalue weighted by molar-refractivity contribution is -0.0424. The van der Waals surface area contributed by atoms with E-state index in [-0.39, 0.29) is 39.3 Å². The van der Waals surface area contributed by atoms with Gasteiger partial charge in [-0.15, -0.1) is 0 Å². The first-order valence-electron chi connectivity index (χ1n) is 10.5. The first-order valence-corrected chi connectivity index (χ1v) is 10.5. The Morgan fingerprint density at radius 1 is 0.833 bits per heavy atom. The Balaban J connectivity index is -0.0000000632. The van der Waals surface area contributed by atoms with Gasteiger partial charge in [-0.25, -0.2) is 0 Å². The average molecular weight is 443 g/mol. The molecule has 0 rings (SSSR count). The van der Waals surface area contributed by atoms with Gasteiger partial charge >= 0.3 is 0 Å². The molecule has 192 valence electrons. The van der Waals surface area contributed by atoms with Gasteiger partial charge in [0.15, 0.2) is 0 Å². The maximum absolute atomic E-state index is 8.43. The lowest BCUT2D eigenvalue weighted by Crippen LogP contribution is -2.23. The minimum absolute atomic E-state index is 0. The fraction of sp³-hybridized carbons (Fsp3) is 1.00. The van der Waals surface area contributed by atoms with Crippen molar-refractivity contribution in [3.8, 4) is 0 Å². The Morgan fingerprint density at radius 2 is 1.23 bits per heavy atom. The summed E-state index contributed by atoms with van der Waals surface area (Å²) < 4.78 is 14.6. The molecule has 0 aromatic heterocycles. The van der Waals surface area contributed by atoms with Crippen LogP contribution >= 0.6 is 0 Å². The molecule has 0 radical (unpaired) electrons. The molecule has 5 nitrogen and oxygen atoms in total. The lowest BCUT2D eigenvalue weighted by atomic mass is 9.79. The van der Waals surface area contributed by atoms with Crippen LogP contribution in [0.1, 0.15) is 104 Å². The monoisotopic (exact) mass is 442 g/mol. The standard InChI is InChI=1S/C8H18.C7H16O.2C4H10O2.2CH4/c1-6-8(4,5)7(2)3;1-6(2)8-7(3,4)5;1-4(5)3-6-2;1-4(3-5)6-2;;/h7H,6H2,1-5H3;6H,1-5H3;2*4-5H,3H2,1-2H3;2*1H4. The molecule has 0 bridgehead atoms. The largest absolute Gasteiger partial charge is 0.394 e. The minimum atomic E-state index is -0.324. The van der Waals surface area contributed by atoms with E-state index < -0.39 is 0 Å². The lowest BCUT2D eigenvalue weighted by Gasteiger charge is -2.27. The van der Waals surface area contributed by atoms with E-state index in [2.05, 4.69) is 64.9 Å². The van der Waals surface area contributed by atoms with E-state index >= 15 is 0 Å². The van der Waals surface area contributed by atoms with Crippen molar-refractivity contribution in [3.05, 3.63) is 0 Å². The first-order chi connectivity index (χ1) is 12.5. The van der Waals surface area contributed by atoms with Crippen molar-refractivity contribution in [2.45, 2.75) is 128 Å². The molecule has 0 aromatic rings. The number of aliphatic hydroxyl groups is 2. The van der Waals surface area contributed by atoms with E-state index in [4.69, 9.17) is 14.9 Å². The molecule has 2 atom stereocenters. The second-order valence-corrected chi connectivity index (χ2v) is 9.31. The van der Waals surface area contributed by atoms with Gasteiger partial charge in [-0.2, -0.15) is 0 Å². The van der Waals surface area contributed by atoms with Crippen LogP contribution in [0.2, 0.25) is 0 Å². The van der Waals surface area contributed by atoms with E-state index in [0.717, 1.165) is 5.92 Å². The normalized spacial score (nSPS) is 12.6. The summed E-state index contributed by atoms with van der Waals surface area (Å²) in [6.07, 6.45) is 1.29. The van der Waals surface area contributed by atoms with Crippen LogP contribution in [0.15, 0.2) is 0 Å². The zero-order chi connectivity index (χ0) is 23.6. The molecule has 0 heterocycles. The summed E-state index contributed by atoms with van der Waals surface area (Å²) in [6, 6.07) is 0. The number of rotatable bonds is 7. The molecule has 0 aliphatic rings. The van der Waals surface area contributed by atoms with Crippen LogP contribution in [-0.2, 0) is 14.2 Å². The van der Waals surface area contributed by atoms with E-state index in [1.54, 1.807) is 28.1 Å². The predicted molar refractivity (Wildman–Crippen MR) is 135 cm³/mol. The van der Waals surface area contributed by atoms with Crippen molar-refractivity contribution in [1.29, 1.82) is 0 Å². The van der Waals surface area contributed by atoms with Crippen molar-refractivity contribution in [2.75, 3.05) is 27.4 Å². The fourth-order valence-corrected chi connectivity index (χ4v) is 1.43. The topological polar surface area (TPSA) is 68.2 Å². The van der Waals surface area contributed by atoms with Crippen molar-refractivity contribution in [1.82, 2.24) is 0 Å². The maximum atomic E-state index is 8.43. The first kappa shape index (κ1) is 43.6. The molecule has 0 aromatic carbocycles. The molecule has 0 saturated carbocycles. The number of hydrogen-bond acceptors (Lipinski definition) is 5. The van der Waals surface area contributed by atoms with Crippen LogP contribution < -0.4 is 0 Å². The summed E-state index contributed by atoms with van der Waals surface area (Å²) >= 11 is 0. The Labute approximate surface area is 191 Å². The Hall–Kier alpha value is -0.200. The Morgan fingerprint density at radius 3 is 1.23 bits per heavy atom. The fourth-order valence-electron chi connectivity index (χ4n) is 1.43. The second-order valence-electron chi connectivity index (χ2n) is 9.31. The zero-order valence-electron chi connectivity index (χ0n) is 21.5.